The van der Waals surface area contributed by atoms with E-state index >= 15 is 0 Å². The normalized spacial score (nSPS) is 15.4. The molecule has 1 atom stereocenters. The standard InChI is InChI=1S/C28H24ClF3N4O4S/c1-36-15-33-14-23(36)27(37,18-7-11-22(34-13-18)28(30,31)32)17-6-10-21-20(12-17)25(29)24(26(35-21)40-2)16-4-8-19(9-5-16)41(3,38)39/h4-14,33,37H,15H2,1-3H3. The lowest BCUT2D eigenvalue weighted by atomic mass is 9.83. The Balaban J connectivity index is 1.71. The lowest BCUT2D eigenvalue weighted by Gasteiger charge is -2.34. The van der Waals surface area contributed by atoms with Gasteiger partial charge in [-0.05, 0) is 41.5 Å². The number of likely N-dealkylation sites (N-methyl/N-ethyl adjacent to an activating group) is 1. The van der Waals surface area contributed by atoms with Crippen LogP contribution >= 0.6 is 11.6 Å². The molecule has 4 aromatic rings. The summed E-state index contributed by atoms with van der Waals surface area (Å²) < 4.78 is 69.0. The number of sulfone groups is 1. The third-order valence-corrected chi connectivity index (χ3v) is 8.41. The van der Waals surface area contributed by atoms with Crippen molar-refractivity contribution in [3.05, 3.63) is 94.5 Å². The molecule has 1 aliphatic heterocycles. The van der Waals surface area contributed by atoms with Gasteiger partial charge >= 0.3 is 6.18 Å². The number of aromatic nitrogens is 2. The fraction of sp³-hybridized carbons (Fsp3) is 0.214. The van der Waals surface area contributed by atoms with Gasteiger partial charge in [0, 0.05) is 36.6 Å². The van der Waals surface area contributed by atoms with Gasteiger partial charge in [-0.1, -0.05) is 35.9 Å². The predicted octanol–water partition coefficient (Wildman–Crippen LogP) is 4.95. The van der Waals surface area contributed by atoms with Crippen LogP contribution in [0.1, 0.15) is 16.8 Å². The molecule has 0 amide bonds. The number of benzene rings is 2. The summed E-state index contributed by atoms with van der Waals surface area (Å²) in [5.41, 5.74) is -0.814. The number of alkyl halides is 3. The van der Waals surface area contributed by atoms with Crippen molar-refractivity contribution >= 4 is 32.3 Å². The minimum absolute atomic E-state index is 0.112. The fourth-order valence-electron chi connectivity index (χ4n) is 4.79. The number of hydrogen-bond donors (Lipinski definition) is 2. The molecule has 0 spiro atoms. The Hall–Kier alpha value is -3.87. The zero-order chi connectivity index (χ0) is 29.7. The molecule has 0 fully saturated rings. The second-order valence-electron chi connectivity index (χ2n) is 9.57. The van der Waals surface area contributed by atoms with E-state index in [1.165, 1.54) is 25.3 Å². The Morgan fingerprint density at radius 3 is 2.29 bits per heavy atom. The minimum Gasteiger partial charge on any atom is -0.480 e. The Morgan fingerprint density at radius 1 is 1.07 bits per heavy atom. The Labute approximate surface area is 239 Å². The molecular weight excluding hydrogens is 581 g/mol. The van der Waals surface area contributed by atoms with Crippen molar-refractivity contribution in [2.24, 2.45) is 0 Å². The smallest absolute Gasteiger partial charge is 0.433 e. The maximum atomic E-state index is 13.2. The molecule has 0 radical (unpaired) electrons. The van der Waals surface area contributed by atoms with Crippen LogP contribution < -0.4 is 10.1 Å². The maximum Gasteiger partial charge on any atom is 0.433 e. The zero-order valence-electron chi connectivity index (χ0n) is 22.0. The van der Waals surface area contributed by atoms with Crippen LogP contribution in [0, 0.1) is 0 Å². The predicted molar refractivity (Wildman–Crippen MR) is 148 cm³/mol. The van der Waals surface area contributed by atoms with E-state index in [1.807, 2.05) is 0 Å². The topological polar surface area (TPSA) is 105 Å². The van der Waals surface area contributed by atoms with Crippen LogP contribution in [-0.4, -0.2) is 55.5 Å². The van der Waals surface area contributed by atoms with Gasteiger partial charge < -0.3 is 20.1 Å². The molecule has 1 aliphatic rings. The number of hydrogen-bond acceptors (Lipinski definition) is 8. The molecule has 2 aromatic carbocycles. The van der Waals surface area contributed by atoms with Crippen molar-refractivity contribution in [2.45, 2.75) is 16.7 Å². The monoisotopic (exact) mass is 604 g/mol. The van der Waals surface area contributed by atoms with Gasteiger partial charge in [-0.2, -0.15) is 13.2 Å². The highest BCUT2D eigenvalue weighted by molar-refractivity contribution is 7.90. The van der Waals surface area contributed by atoms with Crippen LogP contribution in [-0.2, 0) is 21.6 Å². The lowest BCUT2D eigenvalue weighted by Crippen LogP contribution is -2.36. The molecule has 1 unspecified atom stereocenters. The van der Waals surface area contributed by atoms with Gasteiger partial charge in [-0.3, -0.25) is 4.98 Å². The average Bonchev–Trinajstić information content (AvgIpc) is 3.37. The summed E-state index contributed by atoms with van der Waals surface area (Å²) in [6.07, 6.45) is -0.944. The Kier molecular flexibility index (Phi) is 7.13. The molecule has 2 aromatic heterocycles. The molecule has 0 aliphatic carbocycles. The van der Waals surface area contributed by atoms with Crippen molar-refractivity contribution in [3.63, 3.8) is 0 Å². The Morgan fingerprint density at radius 2 is 1.76 bits per heavy atom. The number of methoxy groups -OCH3 is 1. The van der Waals surface area contributed by atoms with Gasteiger partial charge in [-0.15, -0.1) is 0 Å². The summed E-state index contributed by atoms with van der Waals surface area (Å²) in [4.78, 5) is 9.99. The number of pyridine rings is 2. The molecule has 41 heavy (non-hydrogen) atoms. The van der Waals surface area contributed by atoms with E-state index in [1.54, 1.807) is 48.5 Å². The van der Waals surface area contributed by atoms with Gasteiger partial charge in [-0.25, -0.2) is 13.4 Å². The van der Waals surface area contributed by atoms with Crippen LogP contribution in [0.5, 0.6) is 5.88 Å². The second kappa shape index (κ2) is 10.2. The van der Waals surface area contributed by atoms with E-state index in [0.717, 1.165) is 18.5 Å². The molecule has 0 saturated carbocycles. The molecular formula is C28H24ClF3N4O4S. The van der Waals surface area contributed by atoms with E-state index in [0.29, 0.717) is 40.0 Å². The molecule has 8 nitrogen and oxygen atoms in total. The first-order valence-corrected chi connectivity index (χ1v) is 14.4. The SMILES string of the molecule is COc1nc2ccc(C(O)(C3=CNCN3C)c3ccc(C(F)(F)F)nc3)cc2c(Cl)c1-c1ccc(S(C)(=O)=O)cc1. The summed E-state index contributed by atoms with van der Waals surface area (Å²) >= 11 is 6.92. The van der Waals surface area contributed by atoms with Crippen molar-refractivity contribution in [3.8, 4) is 17.0 Å². The highest BCUT2D eigenvalue weighted by Gasteiger charge is 2.41. The van der Waals surface area contributed by atoms with Gasteiger partial charge in [0.25, 0.3) is 0 Å². The maximum absolute atomic E-state index is 13.2. The number of halogens is 4. The van der Waals surface area contributed by atoms with E-state index in [-0.39, 0.29) is 21.4 Å². The van der Waals surface area contributed by atoms with Crippen LogP contribution in [0.15, 0.2) is 77.6 Å². The first kappa shape index (κ1) is 28.7. The zero-order valence-corrected chi connectivity index (χ0v) is 23.6. The van der Waals surface area contributed by atoms with E-state index in [9.17, 15) is 26.7 Å². The van der Waals surface area contributed by atoms with Crippen molar-refractivity contribution in [1.82, 2.24) is 20.2 Å². The third kappa shape index (κ3) is 5.07. The minimum atomic E-state index is -4.64. The second-order valence-corrected chi connectivity index (χ2v) is 12.0. The van der Waals surface area contributed by atoms with Crippen LogP contribution in [0.25, 0.3) is 22.0 Å². The fourth-order valence-corrected chi connectivity index (χ4v) is 5.76. The van der Waals surface area contributed by atoms with Crippen molar-refractivity contribution < 1.29 is 31.4 Å². The van der Waals surface area contributed by atoms with Crippen LogP contribution in [0.2, 0.25) is 5.02 Å². The highest BCUT2D eigenvalue weighted by Crippen LogP contribution is 2.44. The third-order valence-electron chi connectivity index (χ3n) is 6.89. The van der Waals surface area contributed by atoms with Gasteiger partial charge in [0.2, 0.25) is 5.88 Å². The Bertz CT molecular complexity index is 1780. The van der Waals surface area contributed by atoms with E-state index in [2.05, 4.69) is 15.3 Å². The number of fused-ring (bicyclic) bond motifs is 1. The summed E-state index contributed by atoms with van der Waals surface area (Å²) in [7, 11) is -0.265. The summed E-state index contributed by atoms with van der Waals surface area (Å²) in [5, 5.41) is 15.9. The van der Waals surface area contributed by atoms with Gasteiger partial charge in [0.15, 0.2) is 15.4 Å². The highest BCUT2D eigenvalue weighted by atomic mass is 35.5. The summed E-state index contributed by atoms with van der Waals surface area (Å²) in [5.74, 6) is 0.201. The van der Waals surface area contributed by atoms with E-state index < -0.39 is 27.3 Å². The molecule has 5 rings (SSSR count). The number of aliphatic hydroxyl groups is 1. The number of nitrogens with one attached hydrogen (secondary N) is 1. The molecule has 2 N–H and O–H groups in total. The number of rotatable bonds is 6. The molecule has 214 valence electrons. The summed E-state index contributed by atoms with van der Waals surface area (Å²) in [6, 6.07) is 12.9. The molecule has 3 heterocycles. The van der Waals surface area contributed by atoms with Crippen molar-refractivity contribution in [1.29, 1.82) is 0 Å². The average molecular weight is 605 g/mol. The van der Waals surface area contributed by atoms with Crippen LogP contribution in [0.4, 0.5) is 13.2 Å². The number of ether oxygens (including phenoxy) is 1. The lowest BCUT2D eigenvalue weighted by molar-refractivity contribution is -0.141. The molecule has 13 heteroatoms. The summed E-state index contributed by atoms with van der Waals surface area (Å²) in [6.45, 7) is 0.367. The number of nitrogens with zero attached hydrogens (tertiary/aromatic N) is 3. The van der Waals surface area contributed by atoms with E-state index in [4.69, 9.17) is 16.3 Å². The first-order valence-electron chi connectivity index (χ1n) is 12.1. The van der Waals surface area contributed by atoms with Crippen molar-refractivity contribution in [2.75, 3.05) is 27.1 Å². The van der Waals surface area contributed by atoms with Gasteiger partial charge in [0.1, 0.15) is 5.69 Å². The first-order chi connectivity index (χ1) is 19.2. The quantitative estimate of drug-likeness (QED) is 0.319. The molecule has 0 saturated heterocycles. The largest absolute Gasteiger partial charge is 0.480 e. The van der Waals surface area contributed by atoms with Crippen LogP contribution in [0.3, 0.4) is 0 Å². The molecule has 0 bridgehead atoms. The van der Waals surface area contributed by atoms with Gasteiger partial charge in [0.05, 0.1) is 40.5 Å².